The van der Waals surface area contributed by atoms with E-state index in [2.05, 4.69) is 20.0 Å². The van der Waals surface area contributed by atoms with Crippen molar-refractivity contribution in [3.63, 3.8) is 0 Å². The zero-order valence-corrected chi connectivity index (χ0v) is 13.7. The molecule has 1 amide bonds. The summed E-state index contributed by atoms with van der Waals surface area (Å²) in [6.45, 7) is 2.94. The van der Waals surface area contributed by atoms with E-state index < -0.39 is 0 Å². The summed E-state index contributed by atoms with van der Waals surface area (Å²) in [5.41, 5.74) is 7.68. The summed E-state index contributed by atoms with van der Waals surface area (Å²) in [6.07, 6.45) is 6.05. The lowest BCUT2D eigenvalue weighted by Gasteiger charge is -2.61. The number of carbonyl (C=O) groups is 1. The molecule has 5 rings (SSSR count). The predicted molar refractivity (Wildman–Crippen MR) is 91.7 cm³/mol. The van der Waals surface area contributed by atoms with E-state index in [0.717, 1.165) is 42.4 Å². The van der Waals surface area contributed by atoms with Gasteiger partial charge in [0, 0.05) is 30.6 Å². The van der Waals surface area contributed by atoms with Crippen molar-refractivity contribution >= 4 is 16.8 Å². The number of piperazine rings is 1. The zero-order valence-electron chi connectivity index (χ0n) is 13.7. The summed E-state index contributed by atoms with van der Waals surface area (Å²) in [7, 11) is 0. The van der Waals surface area contributed by atoms with Crippen LogP contribution >= 0.6 is 0 Å². The summed E-state index contributed by atoms with van der Waals surface area (Å²) in [4.78, 5) is 18.1. The molecule has 0 radical (unpaired) electrons. The fourth-order valence-electron chi connectivity index (χ4n) is 5.27. The molecule has 6 heteroatoms. The highest BCUT2D eigenvalue weighted by atomic mass is 16.2. The largest absolute Gasteiger partial charge is 0.330 e. The van der Waals surface area contributed by atoms with Gasteiger partial charge in [-0.25, -0.2) is 0 Å². The number of para-hydroxylation sites is 1. The molecule has 3 heterocycles. The van der Waals surface area contributed by atoms with Gasteiger partial charge in [-0.3, -0.25) is 14.8 Å². The molecule has 0 bridgehead atoms. The van der Waals surface area contributed by atoms with Crippen molar-refractivity contribution in [1.82, 2.24) is 20.0 Å². The number of nitrogens with two attached hydrogens (primary N) is 1. The Morgan fingerprint density at radius 1 is 1.29 bits per heavy atom. The summed E-state index contributed by atoms with van der Waals surface area (Å²) < 4.78 is 0. The Kier molecular flexibility index (Phi) is 3.03. The van der Waals surface area contributed by atoms with Gasteiger partial charge in [0.05, 0.1) is 22.8 Å². The van der Waals surface area contributed by atoms with Gasteiger partial charge in [0.2, 0.25) is 0 Å². The molecule has 1 atom stereocenters. The van der Waals surface area contributed by atoms with Crippen LogP contribution in [0.2, 0.25) is 0 Å². The number of benzene rings is 1. The predicted octanol–water partition coefficient (Wildman–Crippen LogP) is 1.34. The van der Waals surface area contributed by atoms with E-state index >= 15 is 0 Å². The molecule has 1 unspecified atom stereocenters. The molecule has 24 heavy (non-hydrogen) atoms. The zero-order chi connectivity index (χ0) is 16.3. The quantitative estimate of drug-likeness (QED) is 0.829. The van der Waals surface area contributed by atoms with E-state index in [0.29, 0.717) is 6.04 Å². The number of carbonyl (C=O) groups excluding carboxylic acids is 1. The van der Waals surface area contributed by atoms with Gasteiger partial charge in [-0.2, -0.15) is 5.10 Å². The second-order valence-electron chi connectivity index (χ2n) is 7.56. The minimum absolute atomic E-state index is 0.0621. The van der Waals surface area contributed by atoms with Gasteiger partial charge in [-0.1, -0.05) is 12.1 Å². The molecule has 2 aliphatic heterocycles. The van der Waals surface area contributed by atoms with Gasteiger partial charge in [-0.05, 0) is 38.3 Å². The van der Waals surface area contributed by atoms with E-state index in [1.165, 1.54) is 19.4 Å². The van der Waals surface area contributed by atoms with Crippen molar-refractivity contribution in [2.75, 3.05) is 19.6 Å². The summed E-state index contributed by atoms with van der Waals surface area (Å²) in [5.74, 6) is 0.128. The van der Waals surface area contributed by atoms with Gasteiger partial charge in [0.15, 0.2) is 0 Å². The minimum Gasteiger partial charge on any atom is -0.330 e. The molecule has 3 N–H and O–H groups in total. The maximum absolute atomic E-state index is 13.4. The van der Waals surface area contributed by atoms with Gasteiger partial charge >= 0.3 is 0 Å². The molecule has 2 saturated heterocycles. The molecule has 3 aliphatic rings. The molecular weight excluding hydrogens is 302 g/mol. The van der Waals surface area contributed by atoms with Crippen LogP contribution in [0.3, 0.4) is 0 Å². The number of hydrogen-bond donors (Lipinski definition) is 2. The Morgan fingerprint density at radius 2 is 2.17 bits per heavy atom. The first kappa shape index (κ1) is 14.4. The average molecular weight is 325 g/mol. The van der Waals surface area contributed by atoms with Crippen molar-refractivity contribution in [3.05, 3.63) is 30.0 Å². The molecule has 3 fully saturated rings. The van der Waals surface area contributed by atoms with Crippen LogP contribution in [0.25, 0.3) is 10.9 Å². The van der Waals surface area contributed by atoms with Crippen molar-refractivity contribution in [2.24, 2.45) is 5.73 Å². The summed E-state index contributed by atoms with van der Waals surface area (Å²) in [6, 6.07) is 6.55. The van der Waals surface area contributed by atoms with Crippen molar-refractivity contribution in [1.29, 1.82) is 0 Å². The normalized spacial score (nSPS) is 33.0. The van der Waals surface area contributed by atoms with Gasteiger partial charge < -0.3 is 10.6 Å². The van der Waals surface area contributed by atoms with Crippen molar-refractivity contribution < 1.29 is 4.79 Å². The van der Waals surface area contributed by atoms with E-state index in [1.54, 1.807) is 6.20 Å². The molecule has 6 nitrogen and oxygen atoms in total. The monoisotopic (exact) mass is 325 g/mol. The fraction of sp³-hybridized carbons (Fsp3) is 0.556. The molecular formula is C18H23N5O. The first-order valence-corrected chi connectivity index (χ1v) is 8.93. The second-order valence-corrected chi connectivity index (χ2v) is 7.56. The molecule has 1 aromatic carbocycles. The highest BCUT2D eigenvalue weighted by molar-refractivity contribution is 6.05. The van der Waals surface area contributed by atoms with Gasteiger partial charge in [0.1, 0.15) is 0 Å². The van der Waals surface area contributed by atoms with E-state index in [1.807, 2.05) is 18.2 Å². The topological polar surface area (TPSA) is 78.2 Å². The smallest absolute Gasteiger partial charge is 0.256 e. The lowest BCUT2D eigenvalue weighted by Crippen LogP contribution is -2.74. The second kappa shape index (κ2) is 5.04. The minimum atomic E-state index is -0.0621. The number of nitrogens with zero attached hydrogens (tertiary/aromatic N) is 3. The first-order valence-electron chi connectivity index (χ1n) is 8.93. The van der Waals surface area contributed by atoms with Crippen LogP contribution in [0.5, 0.6) is 0 Å². The van der Waals surface area contributed by atoms with Crippen LogP contribution in [-0.4, -0.2) is 63.2 Å². The fourth-order valence-corrected chi connectivity index (χ4v) is 5.27. The van der Waals surface area contributed by atoms with Crippen molar-refractivity contribution in [3.8, 4) is 0 Å². The molecule has 2 aromatic rings. The lowest BCUT2D eigenvalue weighted by atomic mass is 9.65. The van der Waals surface area contributed by atoms with Crippen LogP contribution in [-0.2, 0) is 0 Å². The lowest BCUT2D eigenvalue weighted by molar-refractivity contribution is -0.0726. The number of aromatic amines is 1. The highest BCUT2D eigenvalue weighted by Gasteiger charge is 2.58. The van der Waals surface area contributed by atoms with E-state index in [-0.39, 0.29) is 17.5 Å². The molecule has 1 saturated carbocycles. The molecule has 1 aromatic heterocycles. The third-order valence-corrected chi connectivity index (χ3v) is 6.32. The third kappa shape index (κ3) is 1.84. The summed E-state index contributed by atoms with van der Waals surface area (Å²) >= 11 is 0. The molecule has 1 aliphatic carbocycles. The van der Waals surface area contributed by atoms with Crippen LogP contribution < -0.4 is 5.73 Å². The maximum Gasteiger partial charge on any atom is 0.256 e. The van der Waals surface area contributed by atoms with Gasteiger partial charge in [0.25, 0.3) is 5.91 Å². The summed E-state index contributed by atoms with van der Waals surface area (Å²) in [5, 5.41) is 8.08. The van der Waals surface area contributed by atoms with Crippen LogP contribution in [0.15, 0.2) is 24.4 Å². The number of hydrogen-bond acceptors (Lipinski definition) is 4. The Hall–Kier alpha value is -1.92. The first-order chi connectivity index (χ1) is 11.7. The molecule has 126 valence electrons. The Balaban J connectivity index is 1.55. The number of aromatic nitrogens is 2. The van der Waals surface area contributed by atoms with E-state index in [4.69, 9.17) is 5.73 Å². The number of fused-ring (bicyclic) bond motifs is 3. The number of rotatable bonds is 1. The Bertz CT molecular complexity index is 794. The van der Waals surface area contributed by atoms with Crippen LogP contribution in [0.1, 0.15) is 36.0 Å². The number of nitrogens with one attached hydrogen (secondary N) is 1. The van der Waals surface area contributed by atoms with Crippen LogP contribution in [0.4, 0.5) is 0 Å². The third-order valence-electron chi connectivity index (χ3n) is 6.32. The standard InChI is InChI=1S/C18H23N5O/c19-13-9-18(10-13)15-5-2-6-22(15)7-8-23(18)17(24)14-4-1-3-12-11-20-21-16(12)14/h1,3-4,11,13,15H,2,5-10,19H2,(H,20,21). The average Bonchev–Trinajstić information content (AvgIpc) is 3.21. The molecule has 1 spiro atoms. The maximum atomic E-state index is 13.4. The number of amides is 1. The number of H-pyrrole nitrogens is 1. The Labute approximate surface area is 141 Å². The highest BCUT2D eigenvalue weighted by Crippen LogP contribution is 2.48. The van der Waals surface area contributed by atoms with Crippen LogP contribution in [0, 0.1) is 0 Å². The Morgan fingerprint density at radius 3 is 3.00 bits per heavy atom. The van der Waals surface area contributed by atoms with Gasteiger partial charge in [-0.15, -0.1) is 0 Å². The van der Waals surface area contributed by atoms with Crippen molar-refractivity contribution in [2.45, 2.75) is 43.3 Å². The SMILES string of the molecule is NC1CC2(C1)C1CCCN1CCN2C(=O)c1cccc2cn[nH]c12. The van der Waals surface area contributed by atoms with E-state index in [9.17, 15) is 4.79 Å².